The van der Waals surface area contributed by atoms with E-state index in [0.29, 0.717) is 18.5 Å². The summed E-state index contributed by atoms with van der Waals surface area (Å²) in [6, 6.07) is 0.428. The molecule has 1 saturated heterocycles. The molecule has 20 heavy (non-hydrogen) atoms. The van der Waals surface area contributed by atoms with Gasteiger partial charge >= 0.3 is 0 Å². The minimum Gasteiger partial charge on any atom is -0.340 e. The van der Waals surface area contributed by atoms with Crippen molar-refractivity contribution in [3.8, 4) is 0 Å². The molecule has 1 amide bonds. The van der Waals surface area contributed by atoms with Crippen LogP contribution in [0, 0.1) is 5.92 Å². The molecule has 0 aromatic carbocycles. The lowest BCUT2D eigenvalue weighted by atomic mass is 9.86. The summed E-state index contributed by atoms with van der Waals surface area (Å²) < 4.78 is 0. The van der Waals surface area contributed by atoms with Gasteiger partial charge in [0.1, 0.15) is 0 Å². The van der Waals surface area contributed by atoms with E-state index in [9.17, 15) is 4.79 Å². The van der Waals surface area contributed by atoms with Gasteiger partial charge in [-0.2, -0.15) is 0 Å². The zero-order chi connectivity index (χ0) is 13.5. The molecule has 2 fully saturated rings. The Morgan fingerprint density at radius 2 is 1.70 bits per heavy atom. The molecule has 118 valence electrons. The third-order valence-corrected chi connectivity index (χ3v) is 4.94. The lowest BCUT2D eigenvalue weighted by Gasteiger charge is -2.36. The molecule has 2 N–H and O–H groups in total. The largest absolute Gasteiger partial charge is 0.340 e. The van der Waals surface area contributed by atoms with Gasteiger partial charge in [-0.05, 0) is 44.6 Å². The van der Waals surface area contributed by atoms with Crippen LogP contribution in [0.5, 0.6) is 0 Å². The predicted octanol–water partition coefficient (Wildman–Crippen LogP) is 3.50. The third-order valence-electron chi connectivity index (χ3n) is 4.94. The topological polar surface area (TPSA) is 46.3 Å². The van der Waals surface area contributed by atoms with Gasteiger partial charge in [0.25, 0.3) is 0 Å². The molecule has 1 saturated carbocycles. The Hall–Kier alpha value is -0.280. The number of carbonyl (C=O) groups is 1. The molecular formula is C16H31ClN2O. The van der Waals surface area contributed by atoms with E-state index in [0.717, 1.165) is 38.1 Å². The molecule has 0 spiro atoms. The summed E-state index contributed by atoms with van der Waals surface area (Å²) in [7, 11) is 0. The fourth-order valence-corrected chi connectivity index (χ4v) is 3.77. The van der Waals surface area contributed by atoms with Gasteiger partial charge in [-0.3, -0.25) is 4.79 Å². The predicted molar refractivity (Wildman–Crippen MR) is 86.1 cm³/mol. The Balaban J connectivity index is 0.00000200. The summed E-state index contributed by atoms with van der Waals surface area (Å²) >= 11 is 0. The van der Waals surface area contributed by atoms with Crippen molar-refractivity contribution in [1.29, 1.82) is 0 Å². The van der Waals surface area contributed by atoms with E-state index in [-0.39, 0.29) is 12.4 Å². The zero-order valence-corrected chi connectivity index (χ0v) is 13.5. The number of rotatable bonds is 5. The molecule has 1 aliphatic carbocycles. The second-order valence-electron chi connectivity index (χ2n) is 6.36. The van der Waals surface area contributed by atoms with E-state index in [4.69, 9.17) is 5.73 Å². The van der Waals surface area contributed by atoms with E-state index in [1.54, 1.807) is 0 Å². The smallest absolute Gasteiger partial charge is 0.222 e. The van der Waals surface area contributed by atoms with Gasteiger partial charge < -0.3 is 10.6 Å². The molecule has 0 aromatic rings. The summed E-state index contributed by atoms with van der Waals surface area (Å²) in [5.41, 5.74) is 5.67. The van der Waals surface area contributed by atoms with Crippen molar-refractivity contribution in [3.05, 3.63) is 0 Å². The van der Waals surface area contributed by atoms with Crippen molar-refractivity contribution >= 4 is 18.3 Å². The first-order chi connectivity index (χ1) is 9.31. The monoisotopic (exact) mass is 302 g/mol. The van der Waals surface area contributed by atoms with Gasteiger partial charge in [-0.15, -0.1) is 12.4 Å². The van der Waals surface area contributed by atoms with Crippen molar-refractivity contribution in [2.45, 2.75) is 76.7 Å². The van der Waals surface area contributed by atoms with E-state index in [2.05, 4.69) is 4.90 Å². The highest BCUT2D eigenvalue weighted by atomic mass is 35.5. The van der Waals surface area contributed by atoms with Crippen molar-refractivity contribution in [2.75, 3.05) is 13.1 Å². The summed E-state index contributed by atoms with van der Waals surface area (Å²) in [5.74, 6) is 1.21. The number of likely N-dealkylation sites (tertiary alicyclic amines) is 1. The standard InChI is InChI=1S/C16H30N2O.ClH/c17-12-11-15-8-4-5-13-18(15)16(19)10-9-14-6-2-1-3-7-14;/h14-15H,1-13,17H2;1H. The lowest BCUT2D eigenvalue weighted by Crippen LogP contribution is -2.44. The number of amides is 1. The number of carbonyl (C=O) groups excluding carboxylic acids is 1. The Morgan fingerprint density at radius 3 is 2.40 bits per heavy atom. The summed E-state index contributed by atoms with van der Waals surface area (Å²) in [6.07, 6.45) is 13.3. The van der Waals surface area contributed by atoms with Crippen LogP contribution in [0.15, 0.2) is 0 Å². The van der Waals surface area contributed by atoms with Crippen LogP contribution in [-0.2, 0) is 4.79 Å². The van der Waals surface area contributed by atoms with Crippen LogP contribution < -0.4 is 5.73 Å². The molecular weight excluding hydrogens is 272 g/mol. The summed E-state index contributed by atoms with van der Waals surface area (Å²) in [4.78, 5) is 14.5. The van der Waals surface area contributed by atoms with E-state index in [1.807, 2.05) is 0 Å². The summed E-state index contributed by atoms with van der Waals surface area (Å²) in [6.45, 7) is 1.67. The molecule has 2 rings (SSSR count). The molecule has 4 heteroatoms. The average Bonchev–Trinajstić information content (AvgIpc) is 2.47. The third kappa shape index (κ3) is 5.25. The minimum atomic E-state index is 0. The van der Waals surface area contributed by atoms with Crippen LogP contribution in [0.1, 0.15) is 70.6 Å². The summed E-state index contributed by atoms with van der Waals surface area (Å²) in [5, 5.41) is 0. The van der Waals surface area contributed by atoms with Gasteiger partial charge in [-0.1, -0.05) is 32.1 Å². The normalized spacial score (nSPS) is 24.2. The molecule has 2 aliphatic rings. The maximum absolute atomic E-state index is 12.4. The highest BCUT2D eigenvalue weighted by molar-refractivity contribution is 5.85. The number of nitrogens with two attached hydrogens (primary N) is 1. The maximum Gasteiger partial charge on any atom is 0.222 e. The fourth-order valence-electron chi connectivity index (χ4n) is 3.77. The molecule has 1 atom stereocenters. The SMILES string of the molecule is Cl.NCCC1CCCCN1C(=O)CCC1CCCCC1. The van der Waals surface area contributed by atoms with Crippen molar-refractivity contribution in [1.82, 2.24) is 4.90 Å². The van der Waals surface area contributed by atoms with Gasteiger partial charge in [-0.25, -0.2) is 0 Å². The van der Waals surface area contributed by atoms with Crippen LogP contribution in [0.3, 0.4) is 0 Å². The van der Waals surface area contributed by atoms with Crippen molar-refractivity contribution in [2.24, 2.45) is 11.7 Å². The number of hydrogen-bond acceptors (Lipinski definition) is 2. The van der Waals surface area contributed by atoms with Crippen molar-refractivity contribution in [3.63, 3.8) is 0 Å². The quantitative estimate of drug-likeness (QED) is 0.845. The van der Waals surface area contributed by atoms with Crippen LogP contribution in [0.25, 0.3) is 0 Å². The number of halogens is 1. The van der Waals surface area contributed by atoms with E-state index in [1.165, 1.54) is 44.9 Å². The molecule has 0 bridgehead atoms. The minimum absolute atomic E-state index is 0. The Labute approximate surface area is 130 Å². The molecule has 1 heterocycles. The second kappa shape index (κ2) is 9.62. The van der Waals surface area contributed by atoms with Crippen LogP contribution in [0.2, 0.25) is 0 Å². The number of piperidine rings is 1. The van der Waals surface area contributed by atoms with Gasteiger partial charge in [0, 0.05) is 19.0 Å². The van der Waals surface area contributed by atoms with Gasteiger partial charge in [0.2, 0.25) is 5.91 Å². The Morgan fingerprint density at radius 1 is 1.00 bits per heavy atom. The van der Waals surface area contributed by atoms with Crippen LogP contribution in [0.4, 0.5) is 0 Å². The van der Waals surface area contributed by atoms with E-state index >= 15 is 0 Å². The first-order valence-corrected chi connectivity index (χ1v) is 8.31. The van der Waals surface area contributed by atoms with Crippen molar-refractivity contribution < 1.29 is 4.79 Å². The lowest BCUT2D eigenvalue weighted by molar-refractivity contribution is -0.135. The molecule has 3 nitrogen and oxygen atoms in total. The van der Waals surface area contributed by atoms with E-state index < -0.39 is 0 Å². The highest BCUT2D eigenvalue weighted by Crippen LogP contribution is 2.28. The Bertz CT molecular complexity index is 278. The number of nitrogens with zero attached hydrogens (tertiary/aromatic N) is 1. The highest BCUT2D eigenvalue weighted by Gasteiger charge is 2.26. The van der Waals surface area contributed by atoms with Crippen LogP contribution >= 0.6 is 12.4 Å². The molecule has 0 aromatic heterocycles. The first kappa shape index (κ1) is 17.8. The second-order valence-corrected chi connectivity index (χ2v) is 6.36. The zero-order valence-electron chi connectivity index (χ0n) is 12.7. The molecule has 0 radical (unpaired) electrons. The average molecular weight is 303 g/mol. The maximum atomic E-state index is 12.4. The fraction of sp³-hybridized carbons (Fsp3) is 0.938. The molecule has 1 aliphatic heterocycles. The number of hydrogen-bond donors (Lipinski definition) is 1. The van der Waals surface area contributed by atoms with Crippen LogP contribution in [-0.4, -0.2) is 29.9 Å². The Kier molecular flexibility index (Phi) is 8.55. The van der Waals surface area contributed by atoms with Gasteiger partial charge in [0.05, 0.1) is 0 Å². The molecule has 1 unspecified atom stereocenters. The first-order valence-electron chi connectivity index (χ1n) is 8.31. The van der Waals surface area contributed by atoms with Gasteiger partial charge in [0.15, 0.2) is 0 Å².